The van der Waals surface area contributed by atoms with Crippen molar-refractivity contribution in [1.29, 1.82) is 0 Å². The molecule has 2 saturated heterocycles. The number of benzene rings is 1. The van der Waals surface area contributed by atoms with Crippen LogP contribution in [-0.4, -0.2) is 43.7 Å². The number of anilines is 1. The van der Waals surface area contributed by atoms with Crippen LogP contribution in [0.25, 0.3) is 0 Å². The van der Waals surface area contributed by atoms with E-state index in [4.69, 9.17) is 11.6 Å². The molecule has 1 aromatic rings. The lowest BCUT2D eigenvalue weighted by Crippen LogP contribution is -2.45. The Labute approximate surface area is 150 Å². The molecule has 2 fully saturated rings. The molecule has 0 aromatic heterocycles. The Morgan fingerprint density at radius 3 is 2.75 bits per heavy atom. The van der Waals surface area contributed by atoms with Crippen molar-refractivity contribution in [3.63, 3.8) is 0 Å². The lowest BCUT2D eigenvalue weighted by atomic mass is 10.00. The molecule has 1 atom stereocenters. The lowest BCUT2D eigenvalue weighted by molar-refractivity contribution is 0.173. The van der Waals surface area contributed by atoms with Crippen LogP contribution >= 0.6 is 11.6 Å². The summed E-state index contributed by atoms with van der Waals surface area (Å²) in [5.41, 5.74) is 2.48. The van der Waals surface area contributed by atoms with E-state index in [-0.39, 0.29) is 6.03 Å². The summed E-state index contributed by atoms with van der Waals surface area (Å²) in [4.78, 5) is 16.7. The predicted octanol–water partition coefficient (Wildman–Crippen LogP) is 3.92. The molecular weight excluding hydrogens is 322 g/mol. The average Bonchev–Trinajstić information content (AvgIpc) is 3.04. The van der Waals surface area contributed by atoms with E-state index in [0.717, 1.165) is 62.9 Å². The van der Waals surface area contributed by atoms with Crippen molar-refractivity contribution in [2.75, 3.05) is 37.6 Å². The molecule has 5 heteroatoms. The summed E-state index contributed by atoms with van der Waals surface area (Å²) >= 11 is 6.14. The molecule has 2 amide bonds. The number of carbonyl (C=O) groups excluding carboxylic acids is 1. The van der Waals surface area contributed by atoms with Gasteiger partial charge in [0.05, 0.1) is 0 Å². The fraction of sp³-hybridized carbons (Fsp3) is 0.632. The Morgan fingerprint density at radius 2 is 2.00 bits per heavy atom. The standard InChI is InChI=1S/C19H28ClN3O/c1-14-5-8-22(9-6-14)19(24)21-12-16-7-10-23(13-16)18-11-17(20)4-3-15(18)2/h3-4,11,14,16H,5-10,12-13H2,1-2H3,(H,21,24)/t16-/m1/s1. The highest BCUT2D eigenvalue weighted by Crippen LogP contribution is 2.29. The molecule has 4 nitrogen and oxygen atoms in total. The van der Waals surface area contributed by atoms with Crippen LogP contribution in [-0.2, 0) is 0 Å². The molecule has 0 aliphatic carbocycles. The van der Waals surface area contributed by atoms with Gasteiger partial charge in [0, 0.05) is 43.4 Å². The summed E-state index contributed by atoms with van der Waals surface area (Å²) in [5.74, 6) is 1.26. The number of hydrogen-bond donors (Lipinski definition) is 1. The summed E-state index contributed by atoms with van der Waals surface area (Å²) in [7, 11) is 0. The molecule has 1 aromatic carbocycles. The Bertz CT molecular complexity index is 584. The van der Waals surface area contributed by atoms with Crippen LogP contribution in [0, 0.1) is 18.8 Å². The van der Waals surface area contributed by atoms with Crippen molar-refractivity contribution in [2.24, 2.45) is 11.8 Å². The smallest absolute Gasteiger partial charge is 0.317 e. The van der Waals surface area contributed by atoms with Crippen LogP contribution in [0.5, 0.6) is 0 Å². The molecule has 0 unspecified atom stereocenters. The van der Waals surface area contributed by atoms with Gasteiger partial charge in [0.15, 0.2) is 0 Å². The number of urea groups is 1. The lowest BCUT2D eigenvalue weighted by Gasteiger charge is -2.30. The van der Waals surface area contributed by atoms with Gasteiger partial charge in [-0.1, -0.05) is 24.6 Å². The Morgan fingerprint density at radius 1 is 1.25 bits per heavy atom. The van der Waals surface area contributed by atoms with E-state index in [1.54, 1.807) is 0 Å². The van der Waals surface area contributed by atoms with E-state index in [0.29, 0.717) is 5.92 Å². The molecular formula is C19H28ClN3O. The maximum atomic E-state index is 12.3. The van der Waals surface area contributed by atoms with E-state index in [2.05, 4.69) is 30.1 Å². The van der Waals surface area contributed by atoms with Crippen molar-refractivity contribution in [3.05, 3.63) is 28.8 Å². The third kappa shape index (κ3) is 4.15. The highest BCUT2D eigenvalue weighted by Gasteiger charge is 2.26. The number of amides is 2. The third-order valence-corrected chi connectivity index (χ3v) is 5.65. The van der Waals surface area contributed by atoms with Gasteiger partial charge in [-0.3, -0.25) is 0 Å². The molecule has 1 N–H and O–H groups in total. The molecule has 0 spiro atoms. The Kier molecular flexibility index (Phi) is 5.54. The number of piperidine rings is 1. The maximum absolute atomic E-state index is 12.3. The number of hydrogen-bond acceptors (Lipinski definition) is 2. The molecule has 2 aliphatic rings. The summed E-state index contributed by atoms with van der Waals surface area (Å²) in [6, 6.07) is 6.17. The van der Waals surface area contributed by atoms with Crippen molar-refractivity contribution in [1.82, 2.24) is 10.2 Å². The molecule has 2 heterocycles. The molecule has 0 saturated carbocycles. The molecule has 3 rings (SSSR count). The monoisotopic (exact) mass is 349 g/mol. The Hall–Kier alpha value is -1.42. The first-order chi connectivity index (χ1) is 11.5. The summed E-state index contributed by atoms with van der Waals surface area (Å²) in [6.45, 7) is 8.96. The first-order valence-corrected chi connectivity index (χ1v) is 9.44. The minimum atomic E-state index is 0.110. The van der Waals surface area contributed by atoms with Crippen molar-refractivity contribution >= 4 is 23.3 Å². The predicted molar refractivity (Wildman–Crippen MR) is 99.9 cm³/mol. The minimum absolute atomic E-state index is 0.110. The zero-order valence-corrected chi connectivity index (χ0v) is 15.5. The zero-order valence-electron chi connectivity index (χ0n) is 14.7. The van der Waals surface area contributed by atoms with Gasteiger partial charge in [0.25, 0.3) is 0 Å². The number of aryl methyl sites for hydroxylation is 1. The topological polar surface area (TPSA) is 35.6 Å². The minimum Gasteiger partial charge on any atom is -0.371 e. The van der Waals surface area contributed by atoms with Gasteiger partial charge >= 0.3 is 6.03 Å². The number of halogens is 1. The van der Waals surface area contributed by atoms with Gasteiger partial charge < -0.3 is 15.1 Å². The van der Waals surface area contributed by atoms with E-state index >= 15 is 0 Å². The number of nitrogens with zero attached hydrogens (tertiary/aromatic N) is 2. The van der Waals surface area contributed by atoms with Crippen molar-refractivity contribution in [2.45, 2.75) is 33.1 Å². The van der Waals surface area contributed by atoms with Gasteiger partial charge in [-0.2, -0.15) is 0 Å². The zero-order chi connectivity index (χ0) is 17.1. The first kappa shape index (κ1) is 17.4. The largest absolute Gasteiger partial charge is 0.371 e. The third-order valence-electron chi connectivity index (χ3n) is 5.41. The first-order valence-electron chi connectivity index (χ1n) is 9.07. The van der Waals surface area contributed by atoms with Crippen LogP contribution in [0.3, 0.4) is 0 Å². The molecule has 0 radical (unpaired) electrons. The van der Waals surface area contributed by atoms with Gasteiger partial charge in [0.1, 0.15) is 0 Å². The summed E-state index contributed by atoms with van der Waals surface area (Å²) < 4.78 is 0. The van der Waals surface area contributed by atoms with Gasteiger partial charge in [-0.05, 0) is 55.7 Å². The van der Waals surface area contributed by atoms with Crippen LogP contribution in [0.15, 0.2) is 18.2 Å². The summed E-state index contributed by atoms with van der Waals surface area (Å²) in [5, 5.41) is 3.93. The van der Waals surface area contributed by atoms with E-state index < -0.39 is 0 Å². The fourth-order valence-electron chi connectivity index (χ4n) is 3.70. The van der Waals surface area contributed by atoms with E-state index in [1.807, 2.05) is 17.0 Å². The van der Waals surface area contributed by atoms with Crippen LogP contribution < -0.4 is 10.2 Å². The van der Waals surface area contributed by atoms with Crippen LogP contribution in [0.1, 0.15) is 31.7 Å². The summed E-state index contributed by atoms with van der Waals surface area (Å²) in [6.07, 6.45) is 3.36. The molecule has 132 valence electrons. The number of likely N-dealkylation sites (tertiary alicyclic amines) is 1. The number of carbonyl (C=O) groups is 1. The number of nitrogens with one attached hydrogen (secondary N) is 1. The van der Waals surface area contributed by atoms with Crippen LogP contribution in [0.2, 0.25) is 5.02 Å². The average molecular weight is 350 g/mol. The van der Waals surface area contributed by atoms with Crippen LogP contribution in [0.4, 0.5) is 10.5 Å². The second-order valence-corrected chi connectivity index (χ2v) is 7.82. The second kappa shape index (κ2) is 7.64. The Balaban J connectivity index is 1.48. The van der Waals surface area contributed by atoms with Gasteiger partial charge in [0.2, 0.25) is 0 Å². The normalized spacial score (nSPS) is 22.0. The highest BCUT2D eigenvalue weighted by atomic mass is 35.5. The molecule has 0 bridgehead atoms. The fourth-order valence-corrected chi connectivity index (χ4v) is 3.86. The molecule has 2 aliphatic heterocycles. The van der Waals surface area contributed by atoms with Gasteiger partial charge in [-0.15, -0.1) is 0 Å². The van der Waals surface area contributed by atoms with E-state index in [1.165, 1.54) is 11.3 Å². The number of rotatable bonds is 3. The highest BCUT2D eigenvalue weighted by molar-refractivity contribution is 6.30. The van der Waals surface area contributed by atoms with Gasteiger partial charge in [-0.25, -0.2) is 4.79 Å². The molecule has 24 heavy (non-hydrogen) atoms. The second-order valence-electron chi connectivity index (χ2n) is 7.39. The van der Waals surface area contributed by atoms with E-state index in [9.17, 15) is 4.79 Å². The maximum Gasteiger partial charge on any atom is 0.317 e. The quantitative estimate of drug-likeness (QED) is 0.897. The van der Waals surface area contributed by atoms with Crippen molar-refractivity contribution < 1.29 is 4.79 Å². The van der Waals surface area contributed by atoms with Crippen molar-refractivity contribution in [3.8, 4) is 0 Å². The SMILES string of the molecule is Cc1ccc(Cl)cc1N1CC[C@H](CNC(=O)N2CCC(C)CC2)C1.